The van der Waals surface area contributed by atoms with Gasteiger partial charge in [0.1, 0.15) is 5.60 Å². The summed E-state index contributed by atoms with van der Waals surface area (Å²) in [6.45, 7) is 3.27. The monoisotopic (exact) mass is 395 g/mol. The molecular formula is C8H13O3U-. The predicted octanol–water partition coefficient (Wildman–Crippen LogP) is -0.0131. The van der Waals surface area contributed by atoms with Gasteiger partial charge in [0.15, 0.2) is 0 Å². The van der Waals surface area contributed by atoms with Gasteiger partial charge in [-0.3, -0.25) is 6.42 Å². The fourth-order valence-electron chi connectivity index (χ4n) is 1.80. The van der Waals surface area contributed by atoms with E-state index in [4.69, 9.17) is 14.6 Å². The topological polar surface area (TPSA) is 38.7 Å². The van der Waals surface area contributed by atoms with Crippen molar-refractivity contribution in [1.82, 2.24) is 0 Å². The summed E-state index contributed by atoms with van der Waals surface area (Å²) in [6.07, 6.45) is 2.21. The normalized spacial score (nSPS) is 45.5. The summed E-state index contributed by atoms with van der Waals surface area (Å²) in [5.41, 5.74) is -0.403. The molecule has 4 heteroatoms. The molecule has 0 radical (unpaired) electrons. The Kier molecular flexibility index (Phi) is 3.65. The number of rotatable bonds is 1. The Morgan fingerprint density at radius 3 is 3.00 bits per heavy atom. The minimum atomic E-state index is -0.403. The summed E-state index contributed by atoms with van der Waals surface area (Å²) in [5.74, 6) is 0.293. The van der Waals surface area contributed by atoms with Gasteiger partial charge in [-0.15, -0.1) is 0 Å². The Morgan fingerprint density at radius 2 is 2.42 bits per heavy atom. The summed E-state index contributed by atoms with van der Waals surface area (Å²) in [6, 6.07) is 0. The van der Waals surface area contributed by atoms with Gasteiger partial charge >= 0.3 is 0 Å². The second kappa shape index (κ2) is 3.98. The zero-order valence-electron chi connectivity index (χ0n) is 7.12. The van der Waals surface area contributed by atoms with E-state index in [0.29, 0.717) is 19.1 Å². The van der Waals surface area contributed by atoms with E-state index in [0.717, 1.165) is 0 Å². The van der Waals surface area contributed by atoms with Crippen LogP contribution in [0.4, 0.5) is 0 Å². The van der Waals surface area contributed by atoms with E-state index in [9.17, 15) is 0 Å². The maximum atomic E-state index is 9.12. The van der Waals surface area contributed by atoms with Gasteiger partial charge in [0.2, 0.25) is 0 Å². The quantitative estimate of drug-likeness (QED) is 0.635. The molecule has 2 bridgehead atoms. The van der Waals surface area contributed by atoms with Crippen LogP contribution < -0.4 is 0 Å². The standard InChI is InChI=1S/C8H13O3.U/c1-6-7-2-3-11-8(6,4-9)5-10-7;/h2,6-7,9H,3-5H2,1H3;/q-1;. The molecule has 2 rings (SSSR count). The minimum absolute atomic E-state index is 0. The van der Waals surface area contributed by atoms with Gasteiger partial charge < -0.3 is 14.6 Å². The van der Waals surface area contributed by atoms with Crippen molar-refractivity contribution in [2.75, 3.05) is 19.8 Å². The van der Waals surface area contributed by atoms with Crippen LogP contribution in [0.1, 0.15) is 6.92 Å². The van der Waals surface area contributed by atoms with Crippen LogP contribution in [-0.2, 0) is 9.47 Å². The molecule has 1 N–H and O–H groups in total. The van der Waals surface area contributed by atoms with Crippen LogP contribution in [0.2, 0.25) is 0 Å². The van der Waals surface area contributed by atoms with Crippen molar-refractivity contribution >= 4 is 0 Å². The van der Waals surface area contributed by atoms with Crippen molar-refractivity contribution in [2.45, 2.75) is 18.6 Å². The van der Waals surface area contributed by atoms with Gasteiger partial charge in [0.25, 0.3) is 0 Å². The molecule has 0 saturated carbocycles. The average molecular weight is 395 g/mol. The van der Waals surface area contributed by atoms with Gasteiger partial charge in [-0.25, -0.2) is 0 Å². The number of ether oxygens (including phenoxy) is 2. The van der Waals surface area contributed by atoms with Gasteiger partial charge in [-0.2, -0.15) is 0 Å². The molecule has 0 aromatic carbocycles. The first kappa shape index (κ1) is 11.0. The van der Waals surface area contributed by atoms with Crippen LogP contribution in [0.5, 0.6) is 0 Å². The van der Waals surface area contributed by atoms with E-state index in [2.05, 4.69) is 6.92 Å². The Labute approximate surface area is 96.2 Å². The molecule has 0 spiro atoms. The van der Waals surface area contributed by atoms with Crippen LogP contribution in [0.3, 0.4) is 0 Å². The molecule has 2 saturated heterocycles. The zero-order valence-corrected chi connectivity index (χ0v) is 11.3. The molecule has 2 fully saturated rings. The Balaban J connectivity index is 0.000000720. The number of hydrogen-bond donors (Lipinski definition) is 1. The molecule has 3 unspecified atom stereocenters. The average Bonchev–Trinajstić information content (AvgIpc) is 2.25. The van der Waals surface area contributed by atoms with E-state index in [1.807, 2.05) is 6.42 Å². The molecular weight excluding hydrogens is 382 g/mol. The van der Waals surface area contributed by atoms with Crippen molar-refractivity contribution in [3.8, 4) is 0 Å². The molecule has 3 atom stereocenters. The van der Waals surface area contributed by atoms with E-state index >= 15 is 0 Å². The molecule has 0 amide bonds. The van der Waals surface area contributed by atoms with E-state index < -0.39 is 5.60 Å². The summed E-state index contributed by atoms with van der Waals surface area (Å²) >= 11 is 0. The van der Waals surface area contributed by atoms with Crippen molar-refractivity contribution in [2.24, 2.45) is 5.92 Å². The summed E-state index contributed by atoms with van der Waals surface area (Å²) in [7, 11) is 0. The second-order valence-corrected chi connectivity index (χ2v) is 3.33. The summed E-state index contributed by atoms with van der Waals surface area (Å²) in [5, 5.41) is 9.12. The third kappa shape index (κ3) is 1.49. The summed E-state index contributed by atoms with van der Waals surface area (Å²) < 4.78 is 10.9. The second-order valence-electron chi connectivity index (χ2n) is 3.33. The smallest absolute Gasteiger partial charge is 0.113 e. The van der Waals surface area contributed by atoms with Gasteiger partial charge in [0.05, 0.1) is 13.2 Å². The number of aliphatic hydroxyl groups is 1. The van der Waals surface area contributed by atoms with Crippen LogP contribution in [0.25, 0.3) is 0 Å². The predicted molar refractivity (Wildman–Crippen MR) is 39.0 cm³/mol. The fourth-order valence-corrected chi connectivity index (χ4v) is 1.80. The van der Waals surface area contributed by atoms with Crippen molar-refractivity contribution in [1.29, 1.82) is 0 Å². The first-order valence-electron chi connectivity index (χ1n) is 3.98. The third-order valence-corrected chi connectivity index (χ3v) is 2.81. The van der Waals surface area contributed by atoms with E-state index in [1.54, 1.807) is 0 Å². The fraction of sp³-hybridized carbons (Fsp3) is 0.875. The summed E-state index contributed by atoms with van der Waals surface area (Å²) in [4.78, 5) is 0. The van der Waals surface area contributed by atoms with Crippen molar-refractivity contribution < 1.29 is 45.7 Å². The molecule has 2 heterocycles. The molecule has 0 aromatic rings. The Hall–Kier alpha value is 0.932. The van der Waals surface area contributed by atoms with Crippen LogP contribution in [0.15, 0.2) is 0 Å². The Morgan fingerprint density at radius 1 is 1.67 bits per heavy atom. The molecule has 3 nitrogen and oxygen atoms in total. The first-order chi connectivity index (χ1) is 5.28. The molecule has 12 heavy (non-hydrogen) atoms. The molecule has 0 aliphatic carbocycles. The van der Waals surface area contributed by atoms with Crippen LogP contribution in [0, 0.1) is 43.5 Å². The maximum absolute atomic E-state index is 9.12. The Bertz CT molecular complexity index is 160. The zero-order chi connectivity index (χ0) is 7.90. The van der Waals surface area contributed by atoms with Crippen molar-refractivity contribution in [3.05, 3.63) is 6.42 Å². The molecule has 0 aromatic heterocycles. The SMILES string of the molecule is CC1C2[CH-]COC1(CO)CO2.[U]. The van der Waals surface area contributed by atoms with E-state index in [1.165, 1.54) is 0 Å². The molecule has 68 valence electrons. The molecule has 2 aliphatic rings. The largest absolute Gasteiger partial charge is 0.406 e. The van der Waals surface area contributed by atoms with E-state index in [-0.39, 0.29) is 43.8 Å². The first-order valence-corrected chi connectivity index (χ1v) is 3.98. The van der Waals surface area contributed by atoms with Gasteiger partial charge in [0, 0.05) is 31.1 Å². The minimum Gasteiger partial charge on any atom is -0.406 e. The third-order valence-electron chi connectivity index (χ3n) is 2.81. The molecule has 2 aliphatic heterocycles. The van der Waals surface area contributed by atoms with Crippen molar-refractivity contribution in [3.63, 3.8) is 0 Å². The van der Waals surface area contributed by atoms with Crippen LogP contribution >= 0.6 is 0 Å². The number of fused-ring (bicyclic) bond motifs is 2. The van der Waals surface area contributed by atoms with Crippen LogP contribution in [-0.4, -0.2) is 36.6 Å². The van der Waals surface area contributed by atoms with Gasteiger partial charge in [-0.05, 0) is 5.92 Å². The number of hydrogen-bond acceptors (Lipinski definition) is 3. The van der Waals surface area contributed by atoms with Gasteiger partial charge in [-0.1, -0.05) is 19.6 Å². The maximum Gasteiger partial charge on any atom is 0.113 e. The number of aliphatic hydroxyl groups excluding tert-OH is 1.